The lowest BCUT2D eigenvalue weighted by molar-refractivity contribution is 0.0944. The smallest absolute Gasteiger partial charge is 0.265 e. The van der Waals surface area contributed by atoms with E-state index in [9.17, 15) is 4.79 Å². The van der Waals surface area contributed by atoms with Crippen molar-refractivity contribution in [1.82, 2.24) is 10.3 Å². The number of thiazole rings is 1. The number of nitrogens with two attached hydrogens (primary N) is 1. The summed E-state index contributed by atoms with van der Waals surface area (Å²) in [4.78, 5) is 16.6. The summed E-state index contributed by atoms with van der Waals surface area (Å²) in [5, 5.41) is 6.77. The van der Waals surface area contributed by atoms with Gasteiger partial charge in [0.1, 0.15) is 10.7 Å². The minimum atomic E-state index is -0.152. The van der Waals surface area contributed by atoms with Crippen molar-refractivity contribution in [3.8, 4) is 0 Å². The van der Waals surface area contributed by atoms with Gasteiger partial charge >= 0.3 is 0 Å². The zero-order valence-corrected chi connectivity index (χ0v) is 12.4. The van der Waals surface area contributed by atoms with Gasteiger partial charge in [-0.1, -0.05) is 18.3 Å². The highest BCUT2D eigenvalue weighted by Gasteiger charge is 2.19. The molecule has 0 radical (unpaired) electrons. The summed E-state index contributed by atoms with van der Waals surface area (Å²) < 4.78 is 0. The fraction of sp³-hybridized carbons (Fsp3) is 0.667. The van der Waals surface area contributed by atoms with E-state index in [4.69, 9.17) is 5.73 Å². The number of nitrogens with one attached hydrogen (secondary N) is 2. The molecule has 1 aromatic heterocycles. The van der Waals surface area contributed by atoms with Crippen LogP contribution in [0.4, 0.5) is 10.9 Å². The van der Waals surface area contributed by atoms with Crippen molar-refractivity contribution in [1.29, 1.82) is 0 Å². The lowest BCUT2D eigenvalue weighted by Gasteiger charge is -2.19. The van der Waals surface area contributed by atoms with E-state index >= 15 is 0 Å². The van der Waals surface area contributed by atoms with E-state index in [1.165, 1.54) is 11.3 Å². The first-order chi connectivity index (χ1) is 8.23. The Bertz CT molecular complexity index is 422. The summed E-state index contributed by atoms with van der Waals surface area (Å²) >= 11 is 1.29. The first kappa shape index (κ1) is 14.8. The van der Waals surface area contributed by atoms with Gasteiger partial charge in [0.2, 0.25) is 0 Å². The molecule has 1 aromatic rings. The Balaban J connectivity index is 2.81. The zero-order chi connectivity index (χ0) is 13.9. The number of hydrogen-bond donors (Lipinski definition) is 3. The largest absolute Gasteiger partial charge is 0.382 e. The minimum Gasteiger partial charge on any atom is -0.382 e. The topological polar surface area (TPSA) is 80.0 Å². The van der Waals surface area contributed by atoms with Gasteiger partial charge < -0.3 is 16.4 Å². The molecule has 18 heavy (non-hydrogen) atoms. The van der Waals surface area contributed by atoms with Crippen molar-refractivity contribution >= 4 is 28.2 Å². The summed E-state index contributed by atoms with van der Waals surface area (Å²) in [5.41, 5.74) is 5.67. The fourth-order valence-corrected chi connectivity index (χ4v) is 2.26. The molecule has 5 nitrogen and oxygen atoms in total. The molecule has 0 saturated heterocycles. The highest BCUT2D eigenvalue weighted by molar-refractivity contribution is 7.18. The Labute approximate surface area is 112 Å². The molecular formula is C12H22N4OS. The van der Waals surface area contributed by atoms with Crippen molar-refractivity contribution in [2.45, 2.75) is 52.6 Å². The van der Waals surface area contributed by atoms with Gasteiger partial charge in [0.25, 0.3) is 5.91 Å². The number of carbonyl (C=O) groups excluding carboxylic acids is 1. The molecule has 1 unspecified atom stereocenters. The van der Waals surface area contributed by atoms with Crippen LogP contribution in [-0.4, -0.2) is 22.5 Å². The number of rotatable bonds is 4. The van der Waals surface area contributed by atoms with E-state index in [0.29, 0.717) is 10.0 Å². The predicted molar refractivity (Wildman–Crippen MR) is 77.1 cm³/mol. The third-order valence-corrected chi connectivity index (χ3v) is 3.32. The monoisotopic (exact) mass is 270 g/mol. The molecule has 0 spiro atoms. The summed E-state index contributed by atoms with van der Waals surface area (Å²) in [6.07, 6.45) is 0.886. The average molecular weight is 270 g/mol. The van der Waals surface area contributed by atoms with E-state index < -0.39 is 0 Å². The molecule has 0 aliphatic rings. The lowest BCUT2D eigenvalue weighted by Crippen LogP contribution is -2.31. The summed E-state index contributed by atoms with van der Waals surface area (Å²) in [6.45, 7) is 10.1. The highest BCUT2D eigenvalue weighted by Crippen LogP contribution is 2.27. The van der Waals surface area contributed by atoms with Crippen LogP contribution < -0.4 is 16.4 Å². The van der Waals surface area contributed by atoms with Gasteiger partial charge in [-0.15, -0.1) is 0 Å². The molecule has 0 bridgehead atoms. The van der Waals surface area contributed by atoms with E-state index in [2.05, 4.69) is 15.6 Å². The number of amides is 1. The maximum absolute atomic E-state index is 12.0. The second-order valence-corrected chi connectivity index (χ2v) is 6.39. The third kappa shape index (κ3) is 4.18. The Morgan fingerprint density at radius 1 is 1.50 bits per heavy atom. The van der Waals surface area contributed by atoms with Gasteiger partial charge in [-0.25, -0.2) is 4.98 Å². The molecule has 1 amide bonds. The van der Waals surface area contributed by atoms with E-state index in [-0.39, 0.29) is 23.3 Å². The van der Waals surface area contributed by atoms with Crippen LogP contribution in [0.2, 0.25) is 0 Å². The molecule has 1 atom stereocenters. The van der Waals surface area contributed by atoms with Crippen molar-refractivity contribution in [2.75, 3.05) is 11.1 Å². The first-order valence-corrected chi connectivity index (χ1v) is 6.90. The molecule has 1 rings (SSSR count). The van der Waals surface area contributed by atoms with Crippen LogP contribution in [0.15, 0.2) is 0 Å². The Morgan fingerprint density at radius 3 is 2.61 bits per heavy atom. The van der Waals surface area contributed by atoms with Gasteiger partial charge in [-0.05, 0) is 34.1 Å². The molecule has 6 heteroatoms. The second-order valence-electron chi connectivity index (χ2n) is 5.39. The third-order valence-electron chi connectivity index (χ3n) is 2.33. The SMILES string of the molecule is CCC(C)NC(=O)c1sc(NC(C)(C)C)nc1N. The maximum atomic E-state index is 12.0. The second kappa shape index (κ2) is 5.56. The van der Waals surface area contributed by atoms with E-state index in [1.54, 1.807) is 0 Å². The Kier molecular flexibility index (Phi) is 4.56. The predicted octanol–water partition coefficient (Wildman–Crippen LogP) is 2.46. The maximum Gasteiger partial charge on any atom is 0.265 e. The van der Waals surface area contributed by atoms with Gasteiger partial charge in [0.15, 0.2) is 5.13 Å². The van der Waals surface area contributed by atoms with Crippen molar-refractivity contribution in [3.05, 3.63) is 4.88 Å². The molecule has 102 valence electrons. The number of nitrogen functional groups attached to an aromatic ring is 1. The van der Waals surface area contributed by atoms with Crippen LogP contribution in [0.5, 0.6) is 0 Å². The fourth-order valence-electron chi connectivity index (χ4n) is 1.26. The summed E-state index contributed by atoms with van der Waals surface area (Å²) in [5.74, 6) is 0.133. The highest BCUT2D eigenvalue weighted by atomic mass is 32.1. The molecule has 0 fully saturated rings. The molecule has 4 N–H and O–H groups in total. The van der Waals surface area contributed by atoms with Crippen LogP contribution in [0.25, 0.3) is 0 Å². The standard InChI is InChI=1S/C12H22N4OS/c1-6-7(2)14-10(17)8-9(13)15-11(18-8)16-12(3,4)5/h7H,6,13H2,1-5H3,(H,14,17)(H,15,16). The number of hydrogen-bond acceptors (Lipinski definition) is 5. The number of carbonyl (C=O) groups is 1. The average Bonchev–Trinajstić information content (AvgIpc) is 2.56. The molecule has 0 aromatic carbocycles. The molecule has 0 aliphatic carbocycles. The first-order valence-electron chi connectivity index (χ1n) is 6.08. The normalized spacial score (nSPS) is 13.2. The number of nitrogens with zero attached hydrogens (tertiary/aromatic N) is 1. The van der Waals surface area contributed by atoms with Crippen LogP contribution >= 0.6 is 11.3 Å². The summed E-state index contributed by atoms with van der Waals surface area (Å²) in [6, 6.07) is 0.137. The molecule has 0 saturated carbocycles. The van der Waals surface area contributed by atoms with Crippen molar-refractivity contribution in [3.63, 3.8) is 0 Å². The van der Waals surface area contributed by atoms with Crippen LogP contribution in [-0.2, 0) is 0 Å². The van der Waals surface area contributed by atoms with Crippen LogP contribution in [0, 0.1) is 0 Å². The molecular weight excluding hydrogens is 248 g/mol. The van der Waals surface area contributed by atoms with Crippen LogP contribution in [0.1, 0.15) is 50.7 Å². The summed E-state index contributed by atoms with van der Waals surface area (Å²) in [7, 11) is 0. The lowest BCUT2D eigenvalue weighted by atomic mass is 10.1. The Hall–Kier alpha value is -1.30. The minimum absolute atomic E-state index is 0.102. The van der Waals surface area contributed by atoms with Gasteiger partial charge in [-0.3, -0.25) is 4.79 Å². The Morgan fingerprint density at radius 2 is 2.11 bits per heavy atom. The van der Waals surface area contributed by atoms with Crippen LogP contribution in [0.3, 0.4) is 0 Å². The van der Waals surface area contributed by atoms with Crippen molar-refractivity contribution in [2.24, 2.45) is 0 Å². The van der Waals surface area contributed by atoms with E-state index in [0.717, 1.165) is 6.42 Å². The molecule has 1 heterocycles. The van der Waals surface area contributed by atoms with Crippen molar-refractivity contribution < 1.29 is 4.79 Å². The van der Waals surface area contributed by atoms with Gasteiger partial charge in [0, 0.05) is 11.6 Å². The molecule has 0 aliphatic heterocycles. The van der Waals surface area contributed by atoms with E-state index in [1.807, 2.05) is 34.6 Å². The zero-order valence-electron chi connectivity index (χ0n) is 11.6. The number of anilines is 2. The van der Waals surface area contributed by atoms with Gasteiger partial charge in [-0.2, -0.15) is 0 Å². The number of aromatic nitrogens is 1. The van der Waals surface area contributed by atoms with Gasteiger partial charge in [0.05, 0.1) is 0 Å². The quantitative estimate of drug-likeness (QED) is 0.785.